The minimum atomic E-state index is -4.37. The van der Waals surface area contributed by atoms with Crippen molar-refractivity contribution in [2.45, 2.75) is 57.6 Å². The molecule has 13 heteroatoms. The van der Waals surface area contributed by atoms with Crippen molar-refractivity contribution in [3.05, 3.63) is 76.3 Å². The smallest absolute Gasteiger partial charge is 0.264 e. The maximum atomic E-state index is 14.2. The summed E-state index contributed by atoms with van der Waals surface area (Å²) in [5.74, 6) is -0.000663. The molecule has 3 aromatic carbocycles. The molecule has 2 unspecified atom stereocenters. The third-order valence-corrected chi connectivity index (χ3v) is 9.69. The van der Waals surface area contributed by atoms with Gasteiger partial charge >= 0.3 is 0 Å². The molecule has 0 aromatic heterocycles. The van der Waals surface area contributed by atoms with Crippen LogP contribution in [0.15, 0.2) is 65.6 Å². The van der Waals surface area contributed by atoms with Crippen molar-refractivity contribution in [2.24, 2.45) is 0 Å². The molecule has 0 aliphatic heterocycles. The summed E-state index contributed by atoms with van der Waals surface area (Å²) in [7, 11) is -1.53. The van der Waals surface area contributed by atoms with Crippen molar-refractivity contribution in [1.82, 2.24) is 10.2 Å². The third kappa shape index (κ3) is 8.74. The molecule has 2 amide bonds. The molecular formula is C32H39Cl2N3O7S. The zero-order valence-electron chi connectivity index (χ0n) is 26.2. The van der Waals surface area contributed by atoms with Crippen LogP contribution >= 0.6 is 23.2 Å². The van der Waals surface area contributed by atoms with Gasteiger partial charge in [-0.25, -0.2) is 8.42 Å². The second-order valence-electron chi connectivity index (χ2n) is 10.2. The van der Waals surface area contributed by atoms with Crippen molar-refractivity contribution in [3.63, 3.8) is 0 Å². The van der Waals surface area contributed by atoms with Crippen LogP contribution in [-0.4, -0.2) is 64.6 Å². The summed E-state index contributed by atoms with van der Waals surface area (Å²) in [6.07, 6.45) is 0.678. The van der Waals surface area contributed by atoms with Crippen molar-refractivity contribution >= 4 is 50.7 Å². The van der Waals surface area contributed by atoms with Gasteiger partial charge in [0.15, 0.2) is 11.5 Å². The first-order valence-corrected chi connectivity index (χ1v) is 16.6. The van der Waals surface area contributed by atoms with E-state index in [9.17, 15) is 18.0 Å². The van der Waals surface area contributed by atoms with Crippen molar-refractivity contribution < 1.29 is 32.2 Å². The van der Waals surface area contributed by atoms with Gasteiger partial charge in [-0.15, -0.1) is 0 Å². The van der Waals surface area contributed by atoms with Gasteiger partial charge in [0.1, 0.15) is 18.3 Å². The van der Waals surface area contributed by atoms with E-state index in [1.807, 2.05) is 20.8 Å². The molecule has 0 fully saturated rings. The fraction of sp³-hybridized carbons (Fsp3) is 0.375. The van der Waals surface area contributed by atoms with E-state index in [0.29, 0.717) is 40.1 Å². The summed E-state index contributed by atoms with van der Waals surface area (Å²) in [6.45, 7) is 6.82. The normalized spacial score (nSPS) is 12.5. The molecule has 45 heavy (non-hydrogen) atoms. The molecule has 0 heterocycles. The Labute approximate surface area is 275 Å². The first-order valence-electron chi connectivity index (χ1n) is 14.4. The Morgan fingerprint density at radius 2 is 1.53 bits per heavy atom. The second kappa shape index (κ2) is 16.1. The van der Waals surface area contributed by atoms with Crippen LogP contribution in [0, 0.1) is 0 Å². The lowest BCUT2D eigenvalue weighted by molar-refractivity contribution is -0.139. The molecular weight excluding hydrogens is 641 g/mol. The van der Waals surface area contributed by atoms with E-state index in [0.717, 1.165) is 4.31 Å². The average molecular weight is 681 g/mol. The van der Waals surface area contributed by atoms with E-state index >= 15 is 0 Å². The van der Waals surface area contributed by atoms with E-state index in [2.05, 4.69) is 5.32 Å². The third-order valence-electron chi connectivity index (χ3n) is 7.22. The SMILES string of the molecule is CCOc1ccc(N(CC(=O)N(Cc2c(Cl)cccc2Cl)C(C)C(=O)NC(C)CC)S(=O)(=O)c2ccc(OC)c(OC)c2)cc1. The van der Waals surface area contributed by atoms with Crippen LogP contribution in [0.1, 0.15) is 39.7 Å². The van der Waals surface area contributed by atoms with Crippen LogP contribution < -0.4 is 23.8 Å². The Morgan fingerprint density at radius 1 is 0.911 bits per heavy atom. The standard InChI is InChI=1S/C32H39Cl2N3O7S/c1-7-21(3)35-32(39)22(4)36(19-26-27(33)10-9-11-28(26)34)31(38)20-37(23-12-14-24(15-13-23)44-8-2)45(40,41)25-16-17-29(42-5)30(18-25)43-6/h9-18,21-22H,7-8,19-20H2,1-6H3,(H,35,39). The number of hydrogen-bond donors (Lipinski definition) is 1. The minimum Gasteiger partial charge on any atom is -0.494 e. The molecule has 2 atom stereocenters. The lowest BCUT2D eigenvalue weighted by Gasteiger charge is -2.33. The Morgan fingerprint density at radius 3 is 2.09 bits per heavy atom. The van der Waals surface area contributed by atoms with Crippen molar-refractivity contribution in [1.29, 1.82) is 0 Å². The number of ether oxygens (including phenoxy) is 3. The molecule has 0 aliphatic rings. The van der Waals surface area contributed by atoms with Crippen LogP contribution in [0.4, 0.5) is 5.69 Å². The molecule has 1 N–H and O–H groups in total. The number of nitrogens with zero attached hydrogens (tertiary/aromatic N) is 2. The zero-order chi connectivity index (χ0) is 33.3. The maximum absolute atomic E-state index is 14.2. The molecule has 0 saturated heterocycles. The van der Waals surface area contributed by atoms with Crippen LogP contribution in [0.3, 0.4) is 0 Å². The highest BCUT2D eigenvalue weighted by Gasteiger charge is 2.34. The number of rotatable bonds is 15. The number of methoxy groups -OCH3 is 2. The predicted molar refractivity (Wildman–Crippen MR) is 176 cm³/mol. The predicted octanol–water partition coefficient (Wildman–Crippen LogP) is 5.94. The molecule has 0 aliphatic carbocycles. The van der Waals surface area contributed by atoms with Crippen LogP contribution in [0.5, 0.6) is 17.2 Å². The fourth-order valence-corrected chi connectivity index (χ4v) is 6.36. The fourth-order valence-electron chi connectivity index (χ4n) is 4.41. The molecule has 0 spiro atoms. The lowest BCUT2D eigenvalue weighted by Crippen LogP contribution is -2.52. The van der Waals surface area contributed by atoms with Gasteiger partial charge in [0.05, 0.1) is 31.4 Å². The molecule has 10 nitrogen and oxygen atoms in total. The van der Waals surface area contributed by atoms with Gasteiger partial charge in [-0.2, -0.15) is 0 Å². The van der Waals surface area contributed by atoms with Gasteiger partial charge < -0.3 is 24.4 Å². The van der Waals surface area contributed by atoms with Gasteiger partial charge in [-0.1, -0.05) is 36.2 Å². The number of benzene rings is 3. The molecule has 0 saturated carbocycles. The number of carbonyl (C=O) groups excluding carboxylic acids is 2. The Kier molecular flexibility index (Phi) is 12.8. The highest BCUT2D eigenvalue weighted by atomic mass is 35.5. The highest BCUT2D eigenvalue weighted by Crippen LogP contribution is 2.33. The van der Waals surface area contributed by atoms with Crippen molar-refractivity contribution in [3.8, 4) is 17.2 Å². The first-order chi connectivity index (χ1) is 21.4. The van der Waals surface area contributed by atoms with E-state index in [1.54, 1.807) is 49.4 Å². The number of hydrogen-bond acceptors (Lipinski definition) is 7. The summed E-state index contributed by atoms with van der Waals surface area (Å²) >= 11 is 12.9. The largest absolute Gasteiger partial charge is 0.494 e. The summed E-state index contributed by atoms with van der Waals surface area (Å²) in [5, 5.41) is 3.50. The number of carbonyl (C=O) groups is 2. The van der Waals surface area contributed by atoms with Gasteiger partial charge in [-0.05, 0) is 75.7 Å². The van der Waals surface area contributed by atoms with Gasteiger partial charge in [0.25, 0.3) is 10.0 Å². The van der Waals surface area contributed by atoms with Gasteiger partial charge in [0, 0.05) is 34.3 Å². The first kappa shape index (κ1) is 35.8. The minimum absolute atomic E-state index is 0.134. The highest BCUT2D eigenvalue weighted by molar-refractivity contribution is 7.92. The number of amides is 2. The molecule has 3 aromatic rings. The Bertz CT molecular complexity index is 1570. The number of halogens is 2. The van der Waals surface area contributed by atoms with Gasteiger partial charge in [0.2, 0.25) is 11.8 Å². The number of sulfonamides is 1. The summed E-state index contributed by atoms with van der Waals surface area (Å²) in [5.41, 5.74) is 0.627. The Hall–Kier alpha value is -3.67. The van der Waals surface area contributed by atoms with E-state index in [4.69, 9.17) is 37.4 Å². The summed E-state index contributed by atoms with van der Waals surface area (Å²) in [4.78, 5) is 28.6. The van der Waals surface area contributed by atoms with E-state index in [1.165, 1.54) is 37.3 Å². The van der Waals surface area contributed by atoms with E-state index in [-0.39, 0.29) is 28.9 Å². The average Bonchev–Trinajstić information content (AvgIpc) is 3.03. The van der Waals surface area contributed by atoms with Crippen LogP contribution in [-0.2, 0) is 26.2 Å². The van der Waals surface area contributed by atoms with Gasteiger partial charge in [-0.3, -0.25) is 13.9 Å². The molecule has 0 radical (unpaired) electrons. The van der Waals surface area contributed by atoms with Crippen LogP contribution in [0.25, 0.3) is 0 Å². The van der Waals surface area contributed by atoms with Crippen molar-refractivity contribution in [2.75, 3.05) is 31.7 Å². The van der Waals surface area contributed by atoms with Crippen LogP contribution in [0.2, 0.25) is 10.0 Å². The quantitative estimate of drug-likeness (QED) is 0.212. The number of nitrogens with one attached hydrogen (secondary N) is 1. The summed E-state index contributed by atoms with van der Waals surface area (Å²) < 4.78 is 45.6. The molecule has 3 rings (SSSR count). The number of anilines is 1. The monoisotopic (exact) mass is 679 g/mol. The maximum Gasteiger partial charge on any atom is 0.264 e. The summed E-state index contributed by atoms with van der Waals surface area (Å²) in [6, 6.07) is 14.3. The topological polar surface area (TPSA) is 114 Å². The zero-order valence-corrected chi connectivity index (χ0v) is 28.5. The molecule has 0 bridgehead atoms. The molecule has 244 valence electrons. The van der Waals surface area contributed by atoms with E-state index < -0.39 is 34.4 Å². The Balaban J connectivity index is 2.12. The lowest BCUT2D eigenvalue weighted by atomic mass is 10.1. The second-order valence-corrected chi connectivity index (χ2v) is 12.8.